The van der Waals surface area contributed by atoms with Crippen molar-refractivity contribution in [3.8, 4) is 5.75 Å². The van der Waals surface area contributed by atoms with Gasteiger partial charge in [0.2, 0.25) is 0 Å². The predicted octanol–water partition coefficient (Wildman–Crippen LogP) is 7.76. The number of fused-ring (bicyclic) bond motifs is 1. The largest absolute Gasteiger partial charge is 0.492 e. The van der Waals surface area contributed by atoms with E-state index in [0.29, 0.717) is 12.5 Å². The number of benzene rings is 3. The van der Waals surface area contributed by atoms with Gasteiger partial charge in [0.25, 0.3) is 0 Å². The Balaban J connectivity index is 1.53. The summed E-state index contributed by atoms with van der Waals surface area (Å²) in [5, 5.41) is 0. The number of rotatable bonds is 8. The van der Waals surface area contributed by atoms with Crippen LogP contribution >= 0.6 is 0 Å². The third-order valence-electron chi connectivity index (χ3n) is 6.50. The summed E-state index contributed by atoms with van der Waals surface area (Å²) in [5.41, 5.74) is 6.35. The number of nitrogens with zero attached hydrogens (tertiary/aromatic N) is 2. The van der Waals surface area contributed by atoms with Crippen LogP contribution in [0.1, 0.15) is 70.0 Å². The molecule has 0 spiro atoms. The molecule has 0 aliphatic heterocycles. The minimum atomic E-state index is 0.145. The molecule has 0 amide bonds. The predicted molar refractivity (Wildman–Crippen MR) is 143 cm³/mol. The number of ether oxygens (including phenoxy) is 1. The van der Waals surface area contributed by atoms with Gasteiger partial charge < -0.3 is 9.30 Å². The molecule has 4 rings (SSSR count). The highest BCUT2D eigenvalue weighted by molar-refractivity contribution is 5.76. The first-order valence-corrected chi connectivity index (χ1v) is 12.5. The van der Waals surface area contributed by atoms with Crippen LogP contribution in [0.25, 0.3) is 11.0 Å². The summed E-state index contributed by atoms with van der Waals surface area (Å²) in [6.45, 7) is 14.8. The van der Waals surface area contributed by atoms with Crippen molar-refractivity contribution in [3.05, 3.63) is 95.3 Å². The zero-order valence-electron chi connectivity index (χ0n) is 21.5. The van der Waals surface area contributed by atoms with Crippen LogP contribution in [0.4, 0.5) is 0 Å². The molecule has 34 heavy (non-hydrogen) atoms. The molecule has 3 aromatic carbocycles. The molecule has 0 saturated heterocycles. The van der Waals surface area contributed by atoms with Gasteiger partial charge in [-0.3, -0.25) is 0 Å². The van der Waals surface area contributed by atoms with Gasteiger partial charge in [-0.25, -0.2) is 4.98 Å². The van der Waals surface area contributed by atoms with Crippen molar-refractivity contribution in [2.75, 3.05) is 6.61 Å². The van der Waals surface area contributed by atoms with E-state index in [4.69, 9.17) is 9.72 Å². The summed E-state index contributed by atoms with van der Waals surface area (Å²) in [6, 6.07) is 25.9. The zero-order valence-corrected chi connectivity index (χ0v) is 21.5. The lowest BCUT2D eigenvalue weighted by molar-refractivity contribution is 0.297. The average Bonchev–Trinajstić information content (AvgIpc) is 3.17. The molecule has 0 N–H and O–H groups in total. The first kappa shape index (κ1) is 24.1. The maximum atomic E-state index is 6.14. The maximum absolute atomic E-state index is 6.14. The molecule has 1 heterocycles. The number of aromatic nitrogens is 2. The van der Waals surface area contributed by atoms with Gasteiger partial charge in [0.1, 0.15) is 18.2 Å². The number of hydrogen-bond acceptors (Lipinski definition) is 2. The maximum Gasteiger partial charge on any atom is 0.119 e. The normalized spacial score (nSPS) is 12.9. The minimum Gasteiger partial charge on any atom is -0.492 e. The van der Waals surface area contributed by atoms with E-state index in [0.717, 1.165) is 35.6 Å². The van der Waals surface area contributed by atoms with E-state index in [-0.39, 0.29) is 11.3 Å². The third kappa shape index (κ3) is 5.52. The summed E-state index contributed by atoms with van der Waals surface area (Å²) in [6.07, 6.45) is 1.11. The fourth-order valence-electron chi connectivity index (χ4n) is 4.53. The van der Waals surface area contributed by atoms with Crippen molar-refractivity contribution in [3.63, 3.8) is 0 Å². The Bertz CT molecular complexity index is 1210. The van der Waals surface area contributed by atoms with Crippen LogP contribution in [0.2, 0.25) is 0 Å². The highest BCUT2D eigenvalue weighted by Gasteiger charge is 2.18. The monoisotopic (exact) mass is 454 g/mol. The van der Waals surface area contributed by atoms with Gasteiger partial charge in [0, 0.05) is 5.92 Å². The number of imidazole rings is 1. The molecule has 1 aromatic heterocycles. The Morgan fingerprint density at radius 3 is 2.18 bits per heavy atom. The fourth-order valence-corrected chi connectivity index (χ4v) is 4.53. The van der Waals surface area contributed by atoms with Gasteiger partial charge in [-0.1, -0.05) is 90.1 Å². The van der Waals surface area contributed by atoms with Crippen molar-refractivity contribution in [1.82, 2.24) is 9.55 Å². The lowest BCUT2D eigenvalue weighted by Crippen LogP contribution is -2.14. The summed E-state index contributed by atoms with van der Waals surface area (Å²) >= 11 is 0. The van der Waals surface area contributed by atoms with Gasteiger partial charge in [-0.15, -0.1) is 0 Å². The second-order valence-electron chi connectivity index (χ2n) is 10.8. The van der Waals surface area contributed by atoms with E-state index in [1.807, 2.05) is 0 Å². The first-order valence-electron chi connectivity index (χ1n) is 12.5. The molecule has 0 fully saturated rings. The second kappa shape index (κ2) is 10.0. The molecule has 178 valence electrons. The van der Waals surface area contributed by atoms with E-state index >= 15 is 0 Å². The lowest BCUT2D eigenvalue weighted by atomic mass is 9.87. The average molecular weight is 455 g/mol. The van der Waals surface area contributed by atoms with Gasteiger partial charge in [0.15, 0.2) is 0 Å². The quantitative estimate of drug-likeness (QED) is 0.272. The Morgan fingerprint density at radius 2 is 1.53 bits per heavy atom. The van der Waals surface area contributed by atoms with Gasteiger partial charge in [0.05, 0.1) is 17.6 Å². The Kier molecular flexibility index (Phi) is 7.11. The molecule has 1 unspecified atom stereocenters. The molecule has 4 aromatic rings. The summed E-state index contributed by atoms with van der Waals surface area (Å²) < 4.78 is 8.47. The van der Waals surface area contributed by atoms with E-state index in [2.05, 4.69) is 119 Å². The molecule has 0 aliphatic rings. The van der Waals surface area contributed by atoms with E-state index in [9.17, 15) is 0 Å². The van der Waals surface area contributed by atoms with E-state index < -0.39 is 0 Å². The van der Waals surface area contributed by atoms with Crippen molar-refractivity contribution in [1.29, 1.82) is 0 Å². The van der Waals surface area contributed by atoms with Crippen molar-refractivity contribution in [2.24, 2.45) is 5.92 Å². The van der Waals surface area contributed by atoms with Crippen LogP contribution in [0.15, 0.2) is 72.8 Å². The topological polar surface area (TPSA) is 27.1 Å². The minimum absolute atomic E-state index is 0.145. The fraction of sp³-hybridized carbons (Fsp3) is 0.387. The van der Waals surface area contributed by atoms with Crippen LogP contribution < -0.4 is 4.74 Å². The molecule has 0 aliphatic carbocycles. The second-order valence-corrected chi connectivity index (χ2v) is 10.8. The van der Waals surface area contributed by atoms with Crippen LogP contribution in [0.5, 0.6) is 5.75 Å². The van der Waals surface area contributed by atoms with Crippen molar-refractivity contribution < 1.29 is 4.74 Å². The van der Waals surface area contributed by atoms with Crippen LogP contribution in [-0.4, -0.2) is 16.2 Å². The highest BCUT2D eigenvalue weighted by atomic mass is 16.5. The first-order chi connectivity index (χ1) is 16.2. The molecule has 3 nitrogen and oxygen atoms in total. The molecule has 3 heteroatoms. The molecule has 0 bridgehead atoms. The summed E-state index contributed by atoms with van der Waals surface area (Å²) in [7, 11) is 0. The van der Waals surface area contributed by atoms with Crippen LogP contribution in [0.3, 0.4) is 0 Å². The molecular formula is C31H38N2O. The Labute approximate surface area is 204 Å². The van der Waals surface area contributed by atoms with E-state index in [1.165, 1.54) is 16.7 Å². The van der Waals surface area contributed by atoms with Crippen LogP contribution in [-0.2, 0) is 18.4 Å². The molecule has 0 radical (unpaired) electrons. The molecule has 1 atom stereocenters. The van der Waals surface area contributed by atoms with Gasteiger partial charge in [-0.05, 0) is 58.7 Å². The summed E-state index contributed by atoms with van der Waals surface area (Å²) in [4.78, 5) is 5.03. The highest BCUT2D eigenvalue weighted by Crippen LogP contribution is 2.28. The molecule has 0 saturated carbocycles. The van der Waals surface area contributed by atoms with Crippen molar-refractivity contribution >= 4 is 11.0 Å². The SMILES string of the molecule is CC(C)Cc1ccc(C(C)c2nc3ccccc3n2CCOc2ccc(C(C)(C)C)cc2)cc1. The summed E-state index contributed by atoms with van der Waals surface area (Å²) in [5.74, 6) is 2.86. The number of para-hydroxylation sites is 2. The standard InChI is InChI=1S/C31H38N2O/c1-22(2)21-24-11-13-25(14-12-24)23(3)30-32-28-9-7-8-10-29(28)33(30)19-20-34-27-17-15-26(16-18-27)31(4,5)6/h7-18,22-23H,19-21H2,1-6H3. The Hall–Kier alpha value is -3.07. The lowest BCUT2D eigenvalue weighted by Gasteiger charge is -2.19. The van der Waals surface area contributed by atoms with Crippen LogP contribution in [0, 0.1) is 5.92 Å². The van der Waals surface area contributed by atoms with Crippen molar-refractivity contribution in [2.45, 2.75) is 65.8 Å². The molecular weight excluding hydrogens is 416 g/mol. The third-order valence-corrected chi connectivity index (χ3v) is 6.50. The van der Waals surface area contributed by atoms with E-state index in [1.54, 1.807) is 0 Å². The van der Waals surface area contributed by atoms with Gasteiger partial charge in [-0.2, -0.15) is 0 Å². The van der Waals surface area contributed by atoms with Gasteiger partial charge >= 0.3 is 0 Å². The number of hydrogen-bond donors (Lipinski definition) is 0. The Morgan fingerprint density at radius 1 is 0.853 bits per heavy atom. The smallest absolute Gasteiger partial charge is 0.119 e. The zero-order chi connectivity index (χ0) is 24.3.